The van der Waals surface area contributed by atoms with Crippen LogP contribution >= 0.6 is 11.8 Å². The third kappa shape index (κ3) is 2.62. The van der Waals surface area contributed by atoms with Gasteiger partial charge in [0.15, 0.2) is 0 Å². The molecule has 1 atom stereocenters. The topological polar surface area (TPSA) is 69.6 Å². The molecule has 1 heterocycles. The summed E-state index contributed by atoms with van der Waals surface area (Å²) in [5, 5.41) is 12.5. The van der Waals surface area contributed by atoms with Gasteiger partial charge in [-0.05, 0) is 65.7 Å². The molecule has 1 aliphatic carbocycles. The Hall–Kier alpha value is -1.47. The summed E-state index contributed by atoms with van der Waals surface area (Å²) in [5.41, 5.74) is 6.66. The lowest BCUT2D eigenvalue weighted by Gasteiger charge is -2.12. The molecule has 1 saturated carbocycles. The number of tetrazole rings is 1. The number of benzene rings is 1. The summed E-state index contributed by atoms with van der Waals surface area (Å²) in [7, 11) is 0. The standard InChI is InChI=1S/C12H14FN5S/c1-7(14)10-6-8(13)2-5-11(10)19-12-15-16-17-18(12)9-3-4-9/h2,5-7,9H,3-4,14H2,1H3. The molecular weight excluding hydrogens is 265 g/mol. The predicted molar refractivity (Wildman–Crippen MR) is 69.2 cm³/mol. The summed E-state index contributed by atoms with van der Waals surface area (Å²) >= 11 is 1.43. The highest BCUT2D eigenvalue weighted by Gasteiger charge is 2.28. The van der Waals surface area contributed by atoms with E-state index in [4.69, 9.17) is 5.73 Å². The molecule has 1 aromatic heterocycles. The molecule has 1 aromatic carbocycles. The molecule has 0 saturated heterocycles. The van der Waals surface area contributed by atoms with E-state index in [-0.39, 0.29) is 11.9 Å². The van der Waals surface area contributed by atoms with Crippen LogP contribution in [-0.2, 0) is 0 Å². The Morgan fingerprint density at radius 3 is 2.95 bits per heavy atom. The number of rotatable bonds is 4. The van der Waals surface area contributed by atoms with Gasteiger partial charge in [0.25, 0.3) is 0 Å². The lowest BCUT2D eigenvalue weighted by Crippen LogP contribution is -2.07. The van der Waals surface area contributed by atoms with Crippen molar-refractivity contribution >= 4 is 11.8 Å². The van der Waals surface area contributed by atoms with Crippen molar-refractivity contribution in [1.82, 2.24) is 20.2 Å². The fourth-order valence-electron chi connectivity index (χ4n) is 1.87. The highest BCUT2D eigenvalue weighted by molar-refractivity contribution is 7.99. The zero-order valence-electron chi connectivity index (χ0n) is 10.5. The fraction of sp³-hybridized carbons (Fsp3) is 0.417. The third-order valence-corrected chi connectivity index (χ3v) is 4.06. The van der Waals surface area contributed by atoms with Crippen molar-refractivity contribution in [2.45, 2.75) is 41.9 Å². The van der Waals surface area contributed by atoms with Gasteiger partial charge in [-0.25, -0.2) is 9.07 Å². The lowest BCUT2D eigenvalue weighted by atomic mass is 10.1. The van der Waals surface area contributed by atoms with Gasteiger partial charge < -0.3 is 5.73 Å². The van der Waals surface area contributed by atoms with E-state index < -0.39 is 0 Å². The van der Waals surface area contributed by atoms with Gasteiger partial charge in [-0.15, -0.1) is 5.10 Å². The normalized spacial score (nSPS) is 16.6. The first-order valence-corrected chi connectivity index (χ1v) is 6.97. The first-order valence-electron chi connectivity index (χ1n) is 6.16. The summed E-state index contributed by atoms with van der Waals surface area (Å²) in [4.78, 5) is 0.896. The Bertz CT molecular complexity index is 594. The fourth-order valence-corrected chi connectivity index (χ4v) is 2.92. The minimum absolute atomic E-state index is 0.233. The highest BCUT2D eigenvalue weighted by atomic mass is 32.2. The number of hydrogen-bond donors (Lipinski definition) is 1. The number of halogens is 1. The Morgan fingerprint density at radius 2 is 2.26 bits per heavy atom. The second kappa shape index (κ2) is 4.90. The van der Waals surface area contributed by atoms with Gasteiger partial charge in [0.2, 0.25) is 5.16 Å². The van der Waals surface area contributed by atoms with Crippen LogP contribution in [0.4, 0.5) is 4.39 Å². The zero-order valence-corrected chi connectivity index (χ0v) is 11.3. The van der Waals surface area contributed by atoms with Crippen molar-refractivity contribution in [3.05, 3.63) is 29.6 Å². The maximum absolute atomic E-state index is 13.3. The molecule has 0 bridgehead atoms. The number of hydrogen-bond acceptors (Lipinski definition) is 5. The van der Waals surface area contributed by atoms with E-state index in [9.17, 15) is 4.39 Å². The minimum atomic E-state index is -0.279. The Balaban J connectivity index is 1.92. The summed E-state index contributed by atoms with van der Waals surface area (Å²) in [6, 6.07) is 4.81. The average Bonchev–Trinajstić information content (AvgIpc) is 3.12. The van der Waals surface area contributed by atoms with E-state index in [1.165, 1.54) is 23.9 Å². The van der Waals surface area contributed by atoms with Gasteiger partial charge in [-0.3, -0.25) is 0 Å². The summed E-state index contributed by atoms with van der Waals surface area (Å²) in [6.45, 7) is 1.84. The number of aromatic nitrogens is 4. The first-order chi connectivity index (χ1) is 9.15. The zero-order chi connectivity index (χ0) is 13.4. The second-order valence-electron chi connectivity index (χ2n) is 4.71. The van der Waals surface area contributed by atoms with Gasteiger partial charge >= 0.3 is 0 Å². The van der Waals surface area contributed by atoms with Crippen LogP contribution in [0.15, 0.2) is 28.3 Å². The minimum Gasteiger partial charge on any atom is -0.324 e. The maximum Gasteiger partial charge on any atom is 0.214 e. The monoisotopic (exact) mass is 279 g/mol. The van der Waals surface area contributed by atoms with Crippen LogP contribution in [0.1, 0.15) is 37.4 Å². The van der Waals surface area contributed by atoms with E-state index in [2.05, 4.69) is 15.5 Å². The molecule has 1 aliphatic rings. The van der Waals surface area contributed by atoms with Crippen LogP contribution in [0.2, 0.25) is 0 Å². The summed E-state index contributed by atoms with van der Waals surface area (Å²) in [6.07, 6.45) is 2.23. The molecule has 100 valence electrons. The average molecular weight is 279 g/mol. The molecule has 3 rings (SSSR count). The van der Waals surface area contributed by atoms with Crippen molar-refractivity contribution in [2.24, 2.45) is 5.73 Å². The van der Waals surface area contributed by atoms with Crippen molar-refractivity contribution in [3.8, 4) is 0 Å². The SMILES string of the molecule is CC(N)c1cc(F)ccc1Sc1nnnn1C1CC1. The molecule has 1 unspecified atom stereocenters. The van der Waals surface area contributed by atoms with Crippen LogP contribution in [0.3, 0.4) is 0 Å². The van der Waals surface area contributed by atoms with E-state index >= 15 is 0 Å². The molecule has 1 fully saturated rings. The number of nitrogens with zero attached hydrogens (tertiary/aromatic N) is 4. The smallest absolute Gasteiger partial charge is 0.214 e. The van der Waals surface area contributed by atoms with Crippen LogP contribution in [0, 0.1) is 5.82 Å². The molecule has 5 nitrogen and oxygen atoms in total. The molecule has 0 spiro atoms. The van der Waals surface area contributed by atoms with E-state index in [0.29, 0.717) is 6.04 Å². The van der Waals surface area contributed by atoms with Crippen molar-refractivity contribution in [3.63, 3.8) is 0 Å². The first kappa shape index (κ1) is 12.6. The van der Waals surface area contributed by atoms with Gasteiger partial charge in [0.05, 0.1) is 6.04 Å². The molecule has 19 heavy (non-hydrogen) atoms. The quantitative estimate of drug-likeness (QED) is 0.930. The van der Waals surface area contributed by atoms with Gasteiger partial charge in [0.1, 0.15) is 5.82 Å². The van der Waals surface area contributed by atoms with Crippen LogP contribution in [0.5, 0.6) is 0 Å². The molecule has 0 radical (unpaired) electrons. The molecule has 2 N–H and O–H groups in total. The largest absolute Gasteiger partial charge is 0.324 e. The molecular formula is C12H14FN5S. The highest BCUT2D eigenvalue weighted by Crippen LogP contribution is 2.39. The Morgan fingerprint density at radius 1 is 1.47 bits per heavy atom. The van der Waals surface area contributed by atoms with Crippen LogP contribution in [-0.4, -0.2) is 20.2 Å². The van der Waals surface area contributed by atoms with Crippen molar-refractivity contribution in [2.75, 3.05) is 0 Å². The summed E-state index contributed by atoms with van der Waals surface area (Å²) in [5.74, 6) is -0.279. The van der Waals surface area contributed by atoms with Crippen molar-refractivity contribution in [1.29, 1.82) is 0 Å². The molecule has 0 amide bonds. The lowest BCUT2D eigenvalue weighted by molar-refractivity contribution is 0.565. The summed E-state index contributed by atoms with van der Waals surface area (Å²) < 4.78 is 15.1. The van der Waals surface area contributed by atoms with Gasteiger partial charge in [-0.1, -0.05) is 0 Å². The van der Waals surface area contributed by atoms with Gasteiger partial charge in [0, 0.05) is 10.9 Å². The van der Waals surface area contributed by atoms with Crippen LogP contribution in [0.25, 0.3) is 0 Å². The van der Waals surface area contributed by atoms with E-state index in [1.54, 1.807) is 6.07 Å². The van der Waals surface area contributed by atoms with Crippen LogP contribution < -0.4 is 5.73 Å². The Kier molecular flexibility index (Phi) is 3.24. The van der Waals surface area contributed by atoms with E-state index in [0.717, 1.165) is 28.5 Å². The number of nitrogens with two attached hydrogens (primary N) is 1. The van der Waals surface area contributed by atoms with Crippen molar-refractivity contribution < 1.29 is 4.39 Å². The predicted octanol–water partition coefficient (Wildman–Crippen LogP) is 2.32. The molecule has 2 aromatic rings. The van der Waals surface area contributed by atoms with E-state index in [1.807, 2.05) is 11.6 Å². The van der Waals surface area contributed by atoms with Gasteiger partial charge in [-0.2, -0.15) is 0 Å². The second-order valence-corrected chi connectivity index (χ2v) is 5.72. The molecule has 7 heteroatoms. The molecule has 0 aliphatic heterocycles. The maximum atomic E-state index is 13.3. The third-order valence-electron chi connectivity index (χ3n) is 3.02. The Labute approximate surface area is 114 Å².